The largest absolute Gasteiger partial charge is 0.491 e. The summed E-state index contributed by atoms with van der Waals surface area (Å²) in [7, 11) is 0. The number of anilines is 1. The van der Waals surface area contributed by atoms with Crippen molar-refractivity contribution >= 4 is 29.2 Å². The van der Waals surface area contributed by atoms with E-state index >= 15 is 0 Å². The summed E-state index contributed by atoms with van der Waals surface area (Å²) in [4.78, 5) is 46.0. The minimum Gasteiger partial charge on any atom is -0.491 e. The number of nitrogens with zero attached hydrogens (tertiary/aromatic N) is 1. The Labute approximate surface area is 251 Å². The van der Waals surface area contributed by atoms with Crippen molar-refractivity contribution in [1.29, 1.82) is 0 Å². The van der Waals surface area contributed by atoms with Crippen LogP contribution in [0.3, 0.4) is 0 Å². The molecule has 1 saturated heterocycles. The molecule has 214 valence electrons. The van der Waals surface area contributed by atoms with E-state index in [9.17, 15) is 14.4 Å². The Kier molecular flexibility index (Phi) is 6.31. The molecule has 3 aliphatic heterocycles. The molecular weight excluding hydrogens is 536 g/mol. The average Bonchev–Trinajstić information content (AvgIpc) is 3.49. The Morgan fingerprint density at radius 1 is 0.837 bits per heavy atom. The topological polar surface area (TPSA) is 75.7 Å². The van der Waals surface area contributed by atoms with Gasteiger partial charge in [-0.1, -0.05) is 72.3 Å². The molecule has 1 amide bonds. The zero-order valence-corrected chi connectivity index (χ0v) is 24.3. The summed E-state index contributed by atoms with van der Waals surface area (Å²) in [6.07, 6.45) is 3.86. The number of carbonyl (C=O) groups excluding carboxylic acids is 3. The zero-order chi connectivity index (χ0) is 29.9. The highest BCUT2D eigenvalue weighted by Crippen LogP contribution is 2.62. The van der Waals surface area contributed by atoms with Gasteiger partial charge in [0.05, 0.1) is 18.1 Å². The number of benzene rings is 4. The molecule has 0 unspecified atom stereocenters. The fourth-order valence-electron chi connectivity index (χ4n) is 7.21. The number of amides is 1. The number of para-hydroxylation sites is 1. The van der Waals surface area contributed by atoms with Crippen LogP contribution in [0.4, 0.5) is 5.69 Å². The maximum atomic E-state index is 14.8. The van der Waals surface area contributed by atoms with Gasteiger partial charge in [-0.15, -0.1) is 0 Å². The number of hydrogen-bond acceptors (Lipinski definition) is 5. The molecule has 0 aliphatic carbocycles. The van der Waals surface area contributed by atoms with Gasteiger partial charge in [-0.3, -0.25) is 14.4 Å². The summed E-state index contributed by atoms with van der Waals surface area (Å²) >= 11 is 0. The lowest BCUT2D eigenvalue weighted by Gasteiger charge is -2.38. The monoisotopic (exact) mass is 568 g/mol. The molecule has 43 heavy (non-hydrogen) atoms. The number of carbonyl (C=O) groups is 3. The molecule has 0 radical (unpaired) electrons. The second-order valence-electron chi connectivity index (χ2n) is 11.9. The standard InChI is InChI=1S/C37H32N2O4/c1-22(2)43-27-18-16-26(17-19-27)34(41)32-31(33(40)25-14-12-23(3)13-15-25)37(29-10-6-7-11-30(29)38-36(37)42)35-28-9-5-4-8-24(28)20-21-39(32)35/h4-22,31-32,35H,1-3H3,(H,38,42)/t31-,32+,35-,37-/m1/s1. The van der Waals surface area contributed by atoms with Crippen LogP contribution in [0, 0.1) is 12.8 Å². The van der Waals surface area contributed by atoms with E-state index in [2.05, 4.69) is 5.32 Å². The molecular formula is C37H32N2O4. The van der Waals surface area contributed by atoms with Gasteiger partial charge in [-0.2, -0.15) is 0 Å². The van der Waals surface area contributed by atoms with E-state index in [1.54, 1.807) is 36.4 Å². The van der Waals surface area contributed by atoms with Crippen molar-refractivity contribution in [3.63, 3.8) is 0 Å². The van der Waals surface area contributed by atoms with Crippen LogP contribution in [0.1, 0.15) is 62.9 Å². The Balaban J connectivity index is 1.47. The number of nitrogens with one attached hydrogen (secondary N) is 1. The number of aryl methyl sites for hydroxylation is 1. The molecule has 0 bridgehead atoms. The molecule has 4 aromatic carbocycles. The van der Waals surface area contributed by atoms with Gasteiger partial charge in [0.2, 0.25) is 5.91 Å². The third-order valence-electron chi connectivity index (χ3n) is 8.97. The maximum Gasteiger partial charge on any atom is 0.238 e. The molecule has 3 heterocycles. The van der Waals surface area contributed by atoms with E-state index in [4.69, 9.17) is 4.74 Å². The van der Waals surface area contributed by atoms with Gasteiger partial charge >= 0.3 is 0 Å². The SMILES string of the molecule is Cc1ccc(C(=O)[C@H]2[C@@H](C(=O)c3ccc(OC(C)C)cc3)N3C=Cc4ccccc4[C@@H]3[C@]23C(=O)Nc2ccccc23)cc1. The Hall–Kier alpha value is -4.97. The second-order valence-corrected chi connectivity index (χ2v) is 11.9. The van der Waals surface area contributed by atoms with Crippen molar-refractivity contribution in [2.24, 2.45) is 5.92 Å². The lowest BCUT2D eigenvalue weighted by atomic mass is 9.62. The Morgan fingerprint density at radius 2 is 1.49 bits per heavy atom. The second kappa shape index (κ2) is 10.1. The van der Waals surface area contributed by atoms with Gasteiger partial charge in [0.25, 0.3) is 0 Å². The first kappa shape index (κ1) is 26.9. The third-order valence-corrected chi connectivity index (χ3v) is 8.97. The molecule has 1 fully saturated rings. The molecule has 4 aromatic rings. The first-order valence-corrected chi connectivity index (χ1v) is 14.7. The van der Waals surface area contributed by atoms with Gasteiger partial charge in [0, 0.05) is 23.0 Å². The molecule has 3 aliphatic rings. The van der Waals surface area contributed by atoms with E-state index in [1.807, 2.05) is 98.6 Å². The van der Waals surface area contributed by atoms with Crippen LogP contribution in [-0.4, -0.2) is 34.5 Å². The summed E-state index contributed by atoms with van der Waals surface area (Å²) in [6.45, 7) is 5.86. The number of ether oxygens (including phenoxy) is 1. The highest BCUT2D eigenvalue weighted by molar-refractivity contribution is 6.16. The fraction of sp³-hybridized carbons (Fsp3) is 0.216. The summed E-state index contributed by atoms with van der Waals surface area (Å²) in [5, 5.41) is 3.09. The molecule has 6 nitrogen and oxygen atoms in total. The first-order chi connectivity index (χ1) is 20.8. The minimum absolute atomic E-state index is 0.00647. The molecule has 1 spiro atoms. The average molecular weight is 569 g/mol. The van der Waals surface area contributed by atoms with E-state index in [0.29, 0.717) is 22.6 Å². The van der Waals surface area contributed by atoms with Crippen LogP contribution in [0.2, 0.25) is 0 Å². The zero-order valence-electron chi connectivity index (χ0n) is 24.3. The smallest absolute Gasteiger partial charge is 0.238 e. The van der Waals surface area contributed by atoms with Gasteiger partial charge in [0.15, 0.2) is 11.6 Å². The van der Waals surface area contributed by atoms with Crippen molar-refractivity contribution in [3.8, 4) is 5.75 Å². The normalized spacial score (nSPS) is 23.1. The van der Waals surface area contributed by atoms with Crippen LogP contribution < -0.4 is 10.1 Å². The van der Waals surface area contributed by atoms with Crippen LogP contribution >= 0.6 is 0 Å². The lowest BCUT2D eigenvalue weighted by Crippen LogP contribution is -2.49. The quantitative estimate of drug-likeness (QED) is 0.260. The molecule has 6 heteroatoms. The fourth-order valence-corrected chi connectivity index (χ4v) is 7.21. The van der Waals surface area contributed by atoms with Gasteiger partial charge in [-0.25, -0.2) is 0 Å². The summed E-state index contributed by atoms with van der Waals surface area (Å²) in [5.41, 5.74) is 3.89. The van der Waals surface area contributed by atoms with Gasteiger partial charge < -0.3 is 15.0 Å². The summed E-state index contributed by atoms with van der Waals surface area (Å²) in [5.74, 6) is -1.06. The van der Waals surface area contributed by atoms with Gasteiger partial charge in [0.1, 0.15) is 17.2 Å². The van der Waals surface area contributed by atoms with E-state index in [1.165, 1.54) is 0 Å². The maximum absolute atomic E-state index is 14.8. The van der Waals surface area contributed by atoms with Crippen LogP contribution in [-0.2, 0) is 10.2 Å². The van der Waals surface area contributed by atoms with Crippen molar-refractivity contribution < 1.29 is 19.1 Å². The molecule has 4 atom stereocenters. The third kappa shape index (κ3) is 4.04. The highest BCUT2D eigenvalue weighted by Gasteiger charge is 2.70. The molecule has 0 saturated carbocycles. The Bertz CT molecular complexity index is 1790. The number of hydrogen-bond donors (Lipinski definition) is 1. The number of fused-ring (bicyclic) bond motifs is 6. The van der Waals surface area contributed by atoms with E-state index < -0.39 is 23.4 Å². The van der Waals surface area contributed by atoms with Crippen LogP contribution in [0.15, 0.2) is 103 Å². The predicted molar refractivity (Wildman–Crippen MR) is 166 cm³/mol. The van der Waals surface area contributed by atoms with Crippen molar-refractivity contribution in [2.45, 2.75) is 44.4 Å². The Morgan fingerprint density at radius 3 is 2.23 bits per heavy atom. The summed E-state index contributed by atoms with van der Waals surface area (Å²) < 4.78 is 5.82. The first-order valence-electron chi connectivity index (χ1n) is 14.7. The summed E-state index contributed by atoms with van der Waals surface area (Å²) in [6, 6.07) is 28.4. The molecule has 1 N–H and O–H groups in total. The predicted octanol–water partition coefficient (Wildman–Crippen LogP) is 6.76. The van der Waals surface area contributed by atoms with E-state index in [0.717, 1.165) is 22.3 Å². The molecule has 0 aromatic heterocycles. The van der Waals surface area contributed by atoms with Gasteiger partial charge in [-0.05, 0) is 73.9 Å². The van der Waals surface area contributed by atoms with Crippen LogP contribution in [0.25, 0.3) is 6.08 Å². The number of ketones is 2. The van der Waals surface area contributed by atoms with Crippen molar-refractivity contribution in [1.82, 2.24) is 4.90 Å². The minimum atomic E-state index is -1.35. The number of rotatable bonds is 6. The lowest BCUT2D eigenvalue weighted by molar-refractivity contribution is -0.122. The van der Waals surface area contributed by atoms with Crippen LogP contribution in [0.5, 0.6) is 5.75 Å². The van der Waals surface area contributed by atoms with Crippen molar-refractivity contribution in [3.05, 3.63) is 137 Å². The van der Waals surface area contributed by atoms with E-state index in [-0.39, 0.29) is 23.6 Å². The molecule has 7 rings (SSSR count). The highest BCUT2D eigenvalue weighted by atomic mass is 16.5. The number of Topliss-reactive ketones (excluding diaryl/α,β-unsaturated/α-hetero) is 2. The van der Waals surface area contributed by atoms with Crippen molar-refractivity contribution in [2.75, 3.05) is 5.32 Å².